The molecule has 0 spiro atoms. The first kappa shape index (κ1) is 33.9. The Labute approximate surface area is 286 Å². The van der Waals surface area contributed by atoms with E-state index in [4.69, 9.17) is 9.47 Å². The molecule has 3 amide bonds. The van der Waals surface area contributed by atoms with Gasteiger partial charge >= 0.3 is 12.1 Å². The quantitative estimate of drug-likeness (QED) is 0.226. The van der Waals surface area contributed by atoms with Crippen LogP contribution in [0.5, 0.6) is 0 Å². The summed E-state index contributed by atoms with van der Waals surface area (Å²) in [5.41, 5.74) is 5.41. The Morgan fingerprint density at radius 3 is 2.31 bits per heavy atom. The lowest BCUT2D eigenvalue weighted by molar-refractivity contribution is -0.150. The van der Waals surface area contributed by atoms with Gasteiger partial charge in [0.2, 0.25) is 11.8 Å². The van der Waals surface area contributed by atoms with E-state index >= 15 is 0 Å². The van der Waals surface area contributed by atoms with E-state index in [1.807, 2.05) is 66.7 Å². The number of cyclic esters (lactones) is 1. The Morgan fingerprint density at radius 1 is 0.918 bits per heavy atom. The molecule has 0 radical (unpaired) electrons. The maximum absolute atomic E-state index is 13.7. The maximum Gasteiger partial charge on any atom is 0.407 e. The van der Waals surface area contributed by atoms with E-state index in [1.54, 1.807) is 17.1 Å². The fourth-order valence-electron chi connectivity index (χ4n) is 7.14. The number of nitrogens with zero attached hydrogens (tertiary/aromatic N) is 1. The van der Waals surface area contributed by atoms with Crippen molar-refractivity contribution >= 4 is 23.9 Å². The summed E-state index contributed by atoms with van der Waals surface area (Å²) in [6, 6.07) is 24.0. The van der Waals surface area contributed by atoms with Gasteiger partial charge < -0.3 is 30.1 Å². The molecule has 49 heavy (non-hydrogen) atoms. The summed E-state index contributed by atoms with van der Waals surface area (Å²) >= 11 is 0. The number of ether oxygens (including phenoxy) is 2. The molecule has 0 aromatic heterocycles. The summed E-state index contributed by atoms with van der Waals surface area (Å²) in [4.78, 5) is 54.8. The molecule has 256 valence electrons. The Balaban J connectivity index is 1.09. The number of carbonyl (C=O) groups is 4. The molecular weight excluding hydrogens is 622 g/mol. The lowest BCUT2D eigenvalue weighted by Crippen LogP contribution is -2.46. The molecule has 3 aromatic carbocycles. The minimum absolute atomic E-state index is 0.000262. The van der Waals surface area contributed by atoms with Gasteiger partial charge in [0.05, 0.1) is 24.6 Å². The Bertz CT molecular complexity index is 1630. The number of amides is 3. The first-order valence-electron chi connectivity index (χ1n) is 17.1. The highest BCUT2D eigenvalue weighted by Crippen LogP contribution is 2.44. The molecule has 3 aromatic rings. The van der Waals surface area contributed by atoms with Gasteiger partial charge in [-0.3, -0.25) is 9.59 Å². The highest BCUT2D eigenvalue weighted by molar-refractivity contribution is 5.87. The summed E-state index contributed by atoms with van der Waals surface area (Å²) in [7, 11) is 0. The van der Waals surface area contributed by atoms with Crippen LogP contribution in [0.3, 0.4) is 0 Å². The van der Waals surface area contributed by atoms with Crippen LogP contribution in [0.15, 0.2) is 91.0 Å². The predicted molar refractivity (Wildman–Crippen MR) is 183 cm³/mol. The summed E-state index contributed by atoms with van der Waals surface area (Å²) in [6.45, 7) is 0.400. The lowest BCUT2D eigenvalue weighted by Gasteiger charge is -2.29. The standard InChI is InChI=1S/C39H43N3O7/c43-23-28(21-26-11-2-1-3-12-26)40-36(44)22-27-13-4-9-19-35(38(46)48-24-29-14-10-20-42(29)37(27)45)41-39(47)49-25-34-32-17-7-5-15-30(32)31-16-6-8-18-33(31)34/h1-9,11-12,15-18,27-29,34-35,43H,10,13-14,19-25H2,(H,40,44)(H,41,47)/b9-4-/t27-,28+,29-,35-/m0/s1. The molecule has 3 aliphatic rings. The summed E-state index contributed by atoms with van der Waals surface area (Å²) < 4.78 is 11.3. The number of hydrogen-bond donors (Lipinski definition) is 3. The number of fused-ring (bicyclic) bond motifs is 4. The fourth-order valence-corrected chi connectivity index (χ4v) is 7.14. The van der Waals surface area contributed by atoms with E-state index in [0.29, 0.717) is 19.4 Å². The van der Waals surface area contributed by atoms with Crippen LogP contribution in [0.4, 0.5) is 4.79 Å². The van der Waals surface area contributed by atoms with E-state index < -0.39 is 30.1 Å². The smallest absolute Gasteiger partial charge is 0.407 e. The second-order valence-electron chi connectivity index (χ2n) is 13.0. The number of alkyl carbamates (subject to hydrolysis) is 1. The Kier molecular flexibility index (Phi) is 11.0. The Hall–Kier alpha value is -4.96. The Morgan fingerprint density at radius 2 is 1.59 bits per heavy atom. The van der Waals surface area contributed by atoms with Crippen molar-refractivity contribution in [2.75, 3.05) is 26.4 Å². The van der Waals surface area contributed by atoms with Crippen molar-refractivity contribution in [2.45, 2.75) is 62.6 Å². The average molecular weight is 666 g/mol. The summed E-state index contributed by atoms with van der Waals surface area (Å²) in [5.74, 6) is -1.81. The van der Waals surface area contributed by atoms with Crippen molar-refractivity contribution in [3.05, 3.63) is 108 Å². The normalized spacial score (nSPS) is 22.0. The number of nitrogens with one attached hydrogen (secondary N) is 2. The first-order valence-corrected chi connectivity index (χ1v) is 17.1. The fraction of sp³-hybridized carbons (Fsp3) is 0.385. The van der Waals surface area contributed by atoms with Crippen molar-refractivity contribution in [1.29, 1.82) is 0 Å². The van der Waals surface area contributed by atoms with E-state index in [9.17, 15) is 24.3 Å². The van der Waals surface area contributed by atoms with Gasteiger partial charge in [-0.2, -0.15) is 0 Å². The van der Waals surface area contributed by atoms with Crippen molar-refractivity contribution in [3.63, 3.8) is 0 Å². The average Bonchev–Trinajstić information content (AvgIpc) is 3.72. The molecule has 10 heteroatoms. The molecular formula is C39H43N3O7. The molecule has 3 N–H and O–H groups in total. The second kappa shape index (κ2) is 16.0. The van der Waals surface area contributed by atoms with Crippen LogP contribution >= 0.6 is 0 Å². The van der Waals surface area contributed by atoms with Crippen molar-refractivity contribution < 1.29 is 33.8 Å². The highest BCUT2D eigenvalue weighted by atomic mass is 16.6. The molecule has 4 atom stereocenters. The molecule has 1 fully saturated rings. The van der Waals surface area contributed by atoms with Crippen LogP contribution in [-0.4, -0.2) is 78.4 Å². The molecule has 6 rings (SSSR count). The third-order valence-electron chi connectivity index (χ3n) is 9.65. The first-order chi connectivity index (χ1) is 23.9. The molecule has 0 saturated carbocycles. The van der Waals surface area contributed by atoms with Crippen LogP contribution in [0.1, 0.15) is 54.7 Å². The number of rotatable bonds is 9. The molecule has 2 heterocycles. The number of carbonyl (C=O) groups excluding carboxylic acids is 4. The molecule has 10 nitrogen and oxygen atoms in total. The number of allylic oxidation sites excluding steroid dienone is 1. The predicted octanol–water partition coefficient (Wildman–Crippen LogP) is 4.50. The molecule has 0 unspecified atom stereocenters. The van der Waals surface area contributed by atoms with Crippen molar-refractivity contribution in [3.8, 4) is 11.1 Å². The third-order valence-corrected chi connectivity index (χ3v) is 9.65. The summed E-state index contributed by atoms with van der Waals surface area (Å²) in [6.07, 6.45) is 5.05. The van der Waals surface area contributed by atoms with E-state index in [0.717, 1.165) is 34.2 Å². The highest BCUT2D eigenvalue weighted by Gasteiger charge is 2.36. The second-order valence-corrected chi connectivity index (χ2v) is 13.0. The van der Waals surface area contributed by atoms with Crippen LogP contribution in [0, 0.1) is 5.92 Å². The zero-order valence-corrected chi connectivity index (χ0v) is 27.5. The topological polar surface area (TPSA) is 134 Å². The van der Waals surface area contributed by atoms with Crippen LogP contribution in [0.2, 0.25) is 0 Å². The van der Waals surface area contributed by atoms with Crippen molar-refractivity contribution in [1.82, 2.24) is 15.5 Å². The van der Waals surface area contributed by atoms with Crippen LogP contribution in [0.25, 0.3) is 11.1 Å². The minimum atomic E-state index is -0.984. The number of hydrogen-bond acceptors (Lipinski definition) is 7. The number of aliphatic hydroxyl groups excluding tert-OH is 1. The van der Waals surface area contributed by atoms with Crippen molar-refractivity contribution in [2.24, 2.45) is 5.92 Å². The van der Waals surface area contributed by atoms with E-state index in [2.05, 4.69) is 22.8 Å². The van der Waals surface area contributed by atoms with Gasteiger partial charge in [-0.1, -0.05) is 91.0 Å². The monoisotopic (exact) mass is 665 g/mol. The van der Waals surface area contributed by atoms with E-state index in [-0.39, 0.29) is 62.9 Å². The van der Waals surface area contributed by atoms with E-state index in [1.165, 1.54) is 0 Å². The number of aliphatic hydroxyl groups is 1. The van der Waals surface area contributed by atoms with Gasteiger partial charge in [-0.05, 0) is 59.9 Å². The largest absolute Gasteiger partial charge is 0.462 e. The van der Waals surface area contributed by atoms with Gasteiger partial charge in [0.25, 0.3) is 0 Å². The molecule has 1 aliphatic carbocycles. The maximum atomic E-state index is 13.7. The minimum Gasteiger partial charge on any atom is -0.462 e. The molecule has 2 aliphatic heterocycles. The number of esters is 1. The van der Waals surface area contributed by atoms with Gasteiger partial charge in [-0.15, -0.1) is 0 Å². The van der Waals surface area contributed by atoms with Crippen LogP contribution < -0.4 is 10.6 Å². The molecule has 0 bridgehead atoms. The van der Waals surface area contributed by atoms with Gasteiger partial charge in [-0.25, -0.2) is 9.59 Å². The molecule has 1 saturated heterocycles. The lowest BCUT2D eigenvalue weighted by atomic mass is 9.97. The van der Waals surface area contributed by atoms with Crippen LogP contribution in [-0.2, 0) is 30.3 Å². The SMILES string of the molecule is O=C(C[C@@H]1C/C=C\C[C@H](NC(=O)OCC2c3ccccc3-c3ccccc32)C(=O)OC[C@@H]2CCCN2C1=O)N[C@@H](CO)Cc1ccccc1. The summed E-state index contributed by atoms with van der Waals surface area (Å²) in [5, 5.41) is 15.5. The van der Waals surface area contributed by atoms with Gasteiger partial charge in [0, 0.05) is 18.9 Å². The van der Waals surface area contributed by atoms with Gasteiger partial charge in [0.15, 0.2) is 0 Å². The zero-order valence-electron chi connectivity index (χ0n) is 27.5. The third kappa shape index (κ3) is 8.20. The van der Waals surface area contributed by atoms with Gasteiger partial charge in [0.1, 0.15) is 19.3 Å². The number of benzene rings is 3. The zero-order chi connectivity index (χ0) is 34.2.